The van der Waals surface area contributed by atoms with Crippen LogP contribution in [0.25, 0.3) is 0 Å². The molecular formula is C13H25N3O4S. The molecule has 21 heavy (non-hydrogen) atoms. The van der Waals surface area contributed by atoms with Crippen molar-refractivity contribution in [1.82, 2.24) is 8.61 Å². The number of rotatable bonds is 4. The van der Waals surface area contributed by atoms with Crippen molar-refractivity contribution in [3.63, 3.8) is 0 Å². The van der Waals surface area contributed by atoms with Gasteiger partial charge in [-0.3, -0.25) is 4.79 Å². The van der Waals surface area contributed by atoms with Gasteiger partial charge in [0.2, 0.25) is 0 Å². The van der Waals surface area contributed by atoms with Crippen LogP contribution in [-0.4, -0.2) is 61.8 Å². The summed E-state index contributed by atoms with van der Waals surface area (Å²) in [5.41, 5.74) is 5.87. The highest BCUT2D eigenvalue weighted by Crippen LogP contribution is 2.24. The molecule has 0 aliphatic carbocycles. The summed E-state index contributed by atoms with van der Waals surface area (Å²) in [6.45, 7) is 3.63. The summed E-state index contributed by atoms with van der Waals surface area (Å²) in [5.74, 6) is -0.653. The number of esters is 1. The van der Waals surface area contributed by atoms with Gasteiger partial charge in [0, 0.05) is 32.2 Å². The molecule has 2 atom stereocenters. The van der Waals surface area contributed by atoms with Crippen LogP contribution in [0.15, 0.2) is 0 Å². The highest BCUT2D eigenvalue weighted by molar-refractivity contribution is 7.86. The minimum absolute atomic E-state index is 0.0980. The van der Waals surface area contributed by atoms with Gasteiger partial charge < -0.3 is 10.5 Å². The van der Waals surface area contributed by atoms with Gasteiger partial charge in [0.25, 0.3) is 10.2 Å². The summed E-state index contributed by atoms with van der Waals surface area (Å²) < 4.78 is 33.2. The summed E-state index contributed by atoms with van der Waals surface area (Å²) in [6, 6.07) is -0.0980. The number of carbonyl (C=O) groups excluding carboxylic acids is 1. The lowest BCUT2D eigenvalue weighted by Gasteiger charge is -2.37. The largest absolute Gasteiger partial charge is 0.466 e. The van der Waals surface area contributed by atoms with Gasteiger partial charge in [-0.2, -0.15) is 17.0 Å². The lowest BCUT2D eigenvalue weighted by molar-refractivity contribution is -0.149. The first kappa shape index (κ1) is 16.7. The minimum atomic E-state index is -3.52. The van der Waals surface area contributed by atoms with Crippen LogP contribution in [0.3, 0.4) is 0 Å². The first-order valence-corrected chi connectivity index (χ1v) is 9.02. The summed E-state index contributed by atoms with van der Waals surface area (Å²) in [6.07, 6.45) is 3.01. The van der Waals surface area contributed by atoms with Crippen LogP contribution >= 0.6 is 0 Å². The second-order valence-corrected chi connectivity index (χ2v) is 7.65. The van der Waals surface area contributed by atoms with E-state index >= 15 is 0 Å². The predicted molar refractivity (Wildman–Crippen MR) is 78.6 cm³/mol. The van der Waals surface area contributed by atoms with Crippen LogP contribution in [0, 0.1) is 5.92 Å². The zero-order chi connectivity index (χ0) is 15.5. The Balaban J connectivity index is 2.03. The fourth-order valence-electron chi connectivity index (χ4n) is 2.95. The van der Waals surface area contributed by atoms with Gasteiger partial charge >= 0.3 is 5.97 Å². The number of piperidine rings is 2. The van der Waals surface area contributed by atoms with E-state index in [-0.39, 0.29) is 24.5 Å². The van der Waals surface area contributed by atoms with Crippen molar-refractivity contribution in [3.8, 4) is 0 Å². The van der Waals surface area contributed by atoms with E-state index in [0.29, 0.717) is 39.1 Å². The number of carbonyl (C=O) groups is 1. The van der Waals surface area contributed by atoms with Gasteiger partial charge in [0.15, 0.2) is 0 Å². The zero-order valence-corrected chi connectivity index (χ0v) is 13.3. The van der Waals surface area contributed by atoms with Crippen molar-refractivity contribution in [2.45, 2.75) is 38.6 Å². The summed E-state index contributed by atoms with van der Waals surface area (Å²) in [4.78, 5) is 11.8. The van der Waals surface area contributed by atoms with E-state index in [4.69, 9.17) is 10.5 Å². The Kier molecular flexibility index (Phi) is 5.59. The third kappa shape index (κ3) is 3.94. The Bertz CT molecular complexity index is 468. The molecule has 0 aromatic carbocycles. The number of hydrogen-bond acceptors (Lipinski definition) is 5. The summed E-state index contributed by atoms with van der Waals surface area (Å²) >= 11 is 0. The van der Waals surface area contributed by atoms with Gasteiger partial charge in [-0.1, -0.05) is 0 Å². The molecule has 2 heterocycles. The van der Waals surface area contributed by atoms with E-state index < -0.39 is 10.2 Å². The van der Waals surface area contributed by atoms with E-state index in [1.165, 1.54) is 8.61 Å². The fraction of sp³-hybridized carbons (Fsp3) is 0.923. The lowest BCUT2D eigenvalue weighted by atomic mass is 10.0. The molecule has 7 nitrogen and oxygen atoms in total. The molecule has 2 saturated heterocycles. The summed E-state index contributed by atoms with van der Waals surface area (Å²) in [5, 5.41) is 0. The first-order chi connectivity index (χ1) is 9.95. The maximum absolute atomic E-state index is 12.7. The maximum atomic E-state index is 12.7. The third-order valence-corrected chi connectivity index (χ3v) is 6.05. The molecule has 122 valence electrons. The van der Waals surface area contributed by atoms with E-state index in [2.05, 4.69) is 0 Å². The topological polar surface area (TPSA) is 92.9 Å². The van der Waals surface area contributed by atoms with Crippen LogP contribution < -0.4 is 5.73 Å². The van der Waals surface area contributed by atoms with Gasteiger partial charge in [0.1, 0.15) is 0 Å². The van der Waals surface area contributed by atoms with E-state index in [1.807, 2.05) is 0 Å². The molecule has 0 saturated carbocycles. The molecule has 2 rings (SSSR count). The Morgan fingerprint density at radius 1 is 1.19 bits per heavy atom. The number of ether oxygens (including phenoxy) is 1. The van der Waals surface area contributed by atoms with Crippen LogP contribution in [-0.2, 0) is 19.7 Å². The number of nitrogens with two attached hydrogens (primary N) is 1. The fourth-order valence-corrected chi connectivity index (χ4v) is 4.75. The number of hydrogen-bond donors (Lipinski definition) is 1. The highest BCUT2D eigenvalue weighted by atomic mass is 32.2. The summed E-state index contributed by atoms with van der Waals surface area (Å²) in [7, 11) is -3.52. The smallest absolute Gasteiger partial charge is 0.310 e. The average molecular weight is 319 g/mol. The molecule has 0 amide bonds. The SMILES string of the molecule is CCOC(=O)C1CCCN(S(=O)(=O)N2CCC[C@@H](N)C2)C1. The van der Waals surface area contributed by atoms with E-state index in [1.54, 1.807) is 6.92 Å². The molecule has 0 spiro atoms. The van der Waals surface area contributed by atoms with Crippen molar-refractivity contribution in [3.05, 3.63) is 0 Å². The standard InChI is InChI=1S/C13H25N3O4S/c1-2-20-13(17)11-5-3-7-15(9-11)21(18,19)16-8-4-6-12(14)10-16/h11-12H,2-10,14H2,1H3/t11?,12-/m1/s1. The second kappa shape index (κ2) is 7.04. The normalized spacial score (nSPS) is 29.2. The minimum Gasteiger partial charge on any atom is -0.466 e. The highest BCUT2D eigenvalue weighted by Gasteiger charge is 2.37. The molecule has 2 aliphatic rings. The maximum Gasteiger partial charge on any atom is 0.310 e. The van der Waals surface area contributed by atoms with Gasteiger partial charge in [-0.15, -0.1) is 0 Å². The molecule has 0 aromatic heterocycles. The van der Waals surface area contributed by atoms with E-state index in [0.717, 1.165) is 12.8 Å². The first-order valence-electron chi connectivity index (χ1n) is 7.62. The average Bonchev–Trinajstić information content (AvgIpc) is 2.47. The monoisotopic (exact) mass is 319 g/mol. The van der Waals surface area contributed by atoms with Crippen LogP contribution in [0.4, 0.5) is 0 Å². The molecule has 2 fully saturated rings. The molecule has 0 aromatic rings. The van der Waals surface area contributed by atoms with Crippen molar-refractivity contribution in [2.24, 2.45) is 11.7 Å². The Labute approximate surface area is 126 Å². The van der Waals surface area contributed by atoms with Gasteiger partial charge in [0.05, 0.1) is 12.5 Å². The molecular weight excluding hydrogens is 294 g/mol. The lowest BCUT2D eigenvalue weighted by Crippen LogP contribution is -2.53. The number of nitrogens with zero attached hydrogens (tertiary/aromatic N) is 2. The van der Waals surface area contributed by atoms with Crippen LogP contribution in [0.1, 0.15) is 32.6 Å². The van der Waals surface area contributed by atoms with Crippen molar-refractivity contribution >= 4 is 16.2 Å². The molecule has 1 unspecified atom stereocenters. The van der Waals surface area contributed by atoms with Gasteiger partial charge in [-0.25, -0.2) is 0 Å². The van der Waals surface area contributed by atoms with Crippen molar-refractivity contribution < 1.29 is 17.9 Å². The Hall–Kier alpha value is -0.700. The van der Waals surface area contributed by atoms with E-state index in [9.17, 15) is 13.2 Å². The second-order valence-electron chi connectivity index (χ2n) is 5.72. The van der Waals surface area contributed by atoms with Crippen molar-refractivity contribution in [2.75, 3.05) is 32.8 Å². The molecule has 0 radical (unpaired) electrons. The van der Waals surface area contributed by atoms with Crippen LogP contribution in [0.2, 0.25) is 0 Å². The Morgan fingerprint density at radius 2 is 1.81 bits per heavy atom. The molecule has 2 N–H and O–H groups in total. The van der Waals surface area contributed by atoms with Crippen molar-refractivity contribution in [1.29, 1.82) is 0 Å². The Morgan fingerprint density at radius 3 is 2.43 bits per heavy atom. The molecule has 0 bridgehead atoms. The molecule has 2 aliphatic heterocycles. The predicted octanol–water partition coefficient (Wildman–Crippen LogP) is -0.0706. The van der Waals surface area contributed by atoms with Crippen LogP contribution in [0.5, 0.6) is 0 Å². The zero-order valence-electron chi connectivity index (χ0n) is 12.5. The molecule has 8 heteroatoms. The quantitative estimate of drug-likeness (QED) is 0.732. The third-order valence-electron chi connectivity index (χ3n) is 4.08. The van der Waals surface area contributed by atoms with Gasteiger partial charge in [-0.05, 0) is 32.6 Å².